The first-order valence-corrected chi connectivity index (χ1v) is 18.0. The molecular weight excluding hydrogens is 649 g/mol. The van der Waals surface area contributed by atoms with Gasteiger partial charge in [0.15, 0.2) is 0 Å². The van der Waals surface area contributed by atoms with Gasteiger partial charge < -0.3 is 20.2 Å². The van der Waals surface area contributed by atoms with Crippen LogP contribution in [0.15, 0.2) is 47.6 Å². The number of halogens is 2. The number of nitrogens with one attached hydrogen (secondary N) is 2. The van der Waals surface area contributed by atoms with Crippen molar-refractivity contribution >= 4 is 34.7 Å². The minimum atomic E-state index is -3.58. The Hall–Kier alpha value is -4.07. The van der Waals surface area contributed by atoms with Crippen molar-refractivity contribution in [2.24, 2.45) is 5.92 Å². The van der Waals surface area contributed by atoms with Crippen molar-refractivity contribution in [3.05, 3.63) is 64.6 Å². The van der Waals surface area contributed by atoms with E-state index < -0.39 is 23.6 Å². The number of carboxylic acid groups (broad SMARTS) is 1. The first kappa shape index (κ1) is 34.8. The summed E-state index contributed by atoms with van der Waals surface area (Å²) in [5.41, 5.74) is 2.02. The van der Waals surface area contributed by atoms with E-state index in [1.807, 2.05) is 0 Å². The van der Waals surface area contributed by atoms with Crippen LogP contribution in [0, 0.1) is 5.92 Å². The number of nitrogens with zero attached hydrogens (tertiary/aromatic N) is 5. The molecule has 0 saturated carbocycles. The number of alkyl halides is 2. The number of carbonyl (C=O) groups excluding carboxylic acids is 1. The van der Waals surface area contributed by atoms with E-state index in [0.29, 0.717) is 52.3 Å². The summed E-state index contributed by atoms with van der Waals surface area (Å²) in [4.78, 5) is 43.7. The van der Waals surface area contributed by atoms with Gasteiger partial charge in [0.2, 0.25) is 0 Å². The predicted octanol–water partition coefficient (Wildman–Crippen LogP) is 6.84. The molecule has 1 aliphatic carbocycles. The zero-order valence-corrected chi connectivity index (χ0v) is 29.0. The molecule has 260 valence electrons. The molecule has 0 radical (unpaired) electrons. The highest BCUT2D eigenvalue weighted by molar-refractivity contribution is 7.13. The van der Waals surface area contributed by atoms with Gasteiger partial charge in [-0.1, -0.05) is 19.9 Å². The maximum Gasteiger partial charge on any atom is 0.335 e. The van der Waals surface area contributed by atoms with Crippen molar-refractivity contribution in [1.82, 2.24) is 30.1 Å². The van der Waals surface area contributed by atoms with E-state index in [0.717, 1.165) is 69.5 Å². The highest BCUT2D eigenvalue weighted by atomic mass is 32.1. The van der Waals surface area contributed by atoms with E-state index in [1.54, 1.807) is 37.5 Å². The van der Waals surface area contributed by atoms with Gasteiger partial charge in [0.25, 0.3) is 0 Å². The highest BCUT2D eigenvalue weighted by Crippen LogP contribution is 2.46. The summed E-state index contributed by atoms with van der Waals surface area (Å²) < 4.78 is 32.5. The van der Waals surface area contributed by atoms with E-state index >= 15 is 8.78 Å². The second-order valence-electron chi connectivity index (χ2n) is 12.8. The minimum Gasteiger partial charge on any atom is -0.478 e. The molecule has 1 saturated heterocycles. The van der Waals surface area contributed by atoms with E-state index in [-0.39, 0.29) is 28.8 Å². The van der Waals surface area contributed by atoms with Gasteiger partial charge in [0.05, 0.1) is 11.3 Å². The van der Waals surface area contributed by atoms with E-state index in [4.69, 9.17) is 4.98 Å². The number of carboxylic acids is 1. The van der Waals surface area contributed by atoms with Crippen LogP contribution in [0.3, 0.4) is 0 Å². The Kier molecular flexibility index (Phi) is 10.5. The SMILES string of the molecule is CCNC(=O)Nc1cc2c(cn1)-c1cnc3c(c1)C(=CC(F)(F)c1csc-2n1)C(C(=O)O)=CCCC3C1CCCN(CCN(CC)CC)C1. The number of aliphatic carboxylic acids is 1. The van der Waals surface area contributed by atoms with Crippen molar-refractivity contribution in [1.29, 1.82) is 0 Å². The number of hydrogen-bond donors (Lipinski definition) is 3. The Morgan fingerprint density at radius 3 is 2.67 bits per heavy atom. The number of rotatable bonds is 9. The van der Waals surface area contributed by atoms with Crippen LogP contribution in [0.1, 0.15) is 69.3 Å². The number of anilines is 1. The highest BCUT2D eigenvalue weighted by Gasteiger charge is 2.38. The number of fused-ring (bicyclic) bond motifs is 6. The maximum atomic E-state index is 16.2. The summed E-state index contributed by atoms with van der Waals surface area (Å²) >= 11 is 1.05. The van der Waals surface area contributed by atoms with Gasteiger partial charge in [-0.05, 0) is 76.4 Å². The molecule has 13 heteroatoms. The fourth-order valence-electron chi connectivity index (χ4n) is 7.25. The standard InChI is InChI=1S/C36H43F2N7O3S/c1-4-39-35(48)43-31-16-27-29(19-40-31)23-15-26-28(17-36(37,38)30-21-49-33(27)42-30)25(34(46)47)11-7-10-24(32(26)41-18-23)22-9-8-12-45(20-22)14-13-44(5-2)6-3/h11,15-19,21-22,24H,4-10,12-14,20H2,1-3H3,(H,46,47)(H2,39,40,43,48). The topological polar surface area (TPSA) is 124 Å². The van der Waals surface area contributed by atoms with Crippen LogP contribution in [0.25, 0.3) is 27.3 Å². The lowest BCUT2D eigenvalue weighted by Gasteiger charge is -2.38. The first-order valence-electron chi connectivity index (χ1n) is 17.1. The number of thiazole rings is 1. The lowest BCUT2D eigenvalue weighted by atomic mass is 9.75. The number of aromatic nitrogens is 3. The van der Waals surface area contributed by atoms with E-state index in [1.165, 1.54) is 5.38 Å². The van der Waals surface area contributed by atoms with Crippen LogP contribution in [0.2, 0.25) is 0 Å². The van der Waals surface area contributed by atoms with Crippen LogP contribution < -0.4 is 10.6 Å². The quantitative estimate of drug-likeness (QED) is 0.223. The van der Waals surface area contributed by atoms with Gasteiger partial charge >= 0.3 is 17.9 Å². The lowest BCUT2D eigenvalue weighted by Crippen LogP contribution is -2.42. The van der Waals surface area contributed by atoms with Crippen LogP contribution in [-0.4, -0.2) is 87.7 Å². The molecule has 5 heterocycles. The predicted molar refractivity (Wildman–Crippen MR) is 188 cm³/mol. The molecule has 2 atom stereocenters. The van der Waals surface area contributed by atoms with Gasteiger partial charge in [-0.3, -0.25) is 10.3 Å². The second kappa shape index (κ2) is 14.8. The van der Waals surface area contributed by atoms with E-state index in [2.05, 4.69) is 44.2 Å². The van der Waals surface area contributed by atoms with Crippen molar-refractivity contribution in [3.8, 4) is 21.7 Å². The van der Waals surface area contributed by atoms with Gasteiger partial charge in [0, 0.05) is 77.7 Å². The monoisotopic (exact) mass is 691 g/mol. The van der Waals surface area contributed by atoms with Gasteiger partial charge in [-0.25, -0.2) is 19.6 Å². The number of likely N-dealkylation sites (N-methyl/N-ethyl adjacent to an activating group) is 1. The second-order valence-corrected chi connectivity index (χ2v) is 13.7. The Balaban J connectivity index is 1.48. The number of piperidine rings is 1. The van der Waals surface area contributed by atoms with Crippen LogP contribution in [0.5, 0.6) is 0 Å². The molecule has 49 heavy (non-hydrogen) atoms. The fourth-order valence-corrected chi connectivity index (χ4v) is 8.13. The number of pyridine rings is 2. The fraction of sp³-hybridized carbons (Fsp3) is 0.472. The molecule has 0 spiro atoms. The minimum absolute atomic E-state index is 0.0544. The summed E-state index contributed by atoms with van der Waals surface area (Å²) in [5.74, 6) is -4.43. The van der Waals surface area contributed by atoms with Crippen LogP contribution in [0.4, 0.5) is 19.4 Å². The molecule has 2 aliphatic heterocycles. The molecule has 2 amide bonds. The number of hydrogen-bond acceptors (Lipinski definition) is 8. The summed E-state index contributed by atoms with van der Waals surface area (Å²) in [5, 5.41) is 17.3. The Morgan fingerprint density at radius 1 is 1.10 bits per heavy atom. The third kappa shape index (κ3) is 7.43. The Morgan fingerprint density at radius 2 is 1.92 bits per heavy atom. The van der Waals surface area contributed by atoms with Crippen molar-refractivity contribution < 1.29 is 23.5 Å². The molecule has 4 bridgehead atoms. The molecule has 3 aromatic heterocycles. The van der Waals surface area contributed by atoms with Crippen molar-refractivity contribution in [2.75, 3.05) is 51.1 Å². The average Bonchev–Trinajstić information content (AvgIpc) is 3.58. The Labute approximate surface area is 289 Å². The summed E-state index contributed by atoms with van der Waals surface area (Å²) in [6.07, 6.45) is 8.76. The molecule has 6 rings (SSSR count). The average molecular weight is 692 g/mol. The smallest absolute Gasteiger partial charge is 0.335 e. The first-order chi connectivity index (χ1) is 23.6. The molecule has 0 aromatic carbocycles. The summed E-state index contributed by atoms with van der Waals surface area (Å²) in [6.45, 7) is 12.4. The van der Waals surface area contributed by atoms with Crippen LogP contribution >= 0.6 is 11.3 Å². The number of allylic oxidation sites excluding steroid dienone is 2. The largest absolute Gasteiger partial charge is 0.478 e. The zero-order valence-electron chi connectivity index (χ0n) is 28.1. The third-order valence-electron chi connectivity index (χ3n) is 9.84. The molecular formula is C36H43F2N7O3S. The van der Waals surface area contributed by atoms with Crippen molar-refractivity contribution in [2.45, 2.75) is 58.3 Å². The van der Waals surface area contributed by atoms with Crippen molar-refractivity contribution in [3.63, 3.8) is 0 Å². The number of likely N-dealkylation sites (tertiary alicyclic amines) is 1. The summed E-state index contributed by atoms with van der Waals surface area (Å²) in [7, 11) is 0. The summed E-state index contributed by atoms with van der Waals surface area (Å²) in [6, 6.07) is 2.97. The molecule has 3 aliphatic rings. The molecule has 10 nitrogen and oxygen atoms in total. The van der Waals surface area contributed by atoms with Gasteiger partial charge in [0.1, 0.15) is 16.5 Å². The number of urea groups is 1. The molecule has 2 unspecified atom stereocenters. The Bertz CT molecular complexity index is 1770. The molecule has 1 fully saturated rings. The van der Waals surface area contributed by atoms with Crippen LogP contribution in [-0.2, 0) is 10.7 Å². The van der Waals surface area contributed by atoms with E-state index in [9.17, 15) is 14.7 Å². The molecule has 3 N–H and O–H groups in total. The number of amides is 2. The zero-order chi connectivity index (χ0) is 34.7. The normalized spacial score (nSPS) is 20.2. The number of carbonyl (C=O) groups is 2. The molecule has 3 aromatic rings. The van der Waals surface area contributed by atoms with Gasteiger partial charge in [-0.15, -0.1) is 11.3 Å². The van der Waals surface area contributed by atoms with Gasteiger partial charge in [-0.2, -0.15) is 8.78 Å². The maximum absolute atomic E-state index is 16.2. The lowest BCUT2D eigenvalue weighted by molar-refractivity contribution is -0.132. The third-order valence-corrected chi connectivity index (χ3v) is 10.7.